The van der Waals surface area contributed by atoms with Gasteiger partial charge in [-0.05, 0) is 151 Å². The van der Waals surface area contributed by atoms with Crippen molar-refractivity contribution in [2.45, 2.75) is 79.7 Å². The number of nitrogens with zero attached hydrogens (tertiary/aromatic N) is 3. The van der Waals surface area contributed by atoms with Crippen molar-refractivity contribution in [3.8, 4) is 0 Å². The van der Waals surface area contributed by atoms with E-state index in [9.17, 15) is 8.42 Å². The van der Waals surface area contributed by atoms with Gasteiger partial charge in [-0.1, -0.05) is 35.9 Å². The van der Waals surface area contributed by atoms with Crippen molar-refractivity contribution >= 4 is 27.2 Å². The second kappa shape index (κ2) is 15.6. The maximum atomic E-state index is 14.6. The molecule has 0 spiro atoms. The highest BCUT2D eigenvalue weighted by atomic mass is 32.2. The summed E-state index contributed by atoms with van der Waals surface area (Å²) in [5.74, 6) is 0. The molecule has 6 nitrogen and oxygen atoms in total. The van der Waals surface area contributed by atoms with E-state index < -0.39 is 15.7 Å². The third-order valence-corrected chi connectivity index (χ3v) is 11.0. The van der Waals surface area contributed by atoms with E-state index in [2.05, 4.69) is 132 Å². The minimum absolute atomic E-state index is 0.129. The molecule has 7 heteroatoms. The van der Waals surface area contributed by atoms with Crippen LogP contribution in [0.2, 0.25) is 0 Å². The lowest BCUT2D eigenvalue weighted by Crippen LogP contribution is -2.38. The van der Waals surface area contributed by atoms with E-state index >= 15 is 0 Å². The van der Waals surface area contributed by atoms with Gasteiger partial charge >= 0.3 is 0 Å². The molecule has 0 amide bonds. The van der Waals surface area contributed by atoms with Crippen LogP contribution < -0.4 is 14.7 Å². The summed E-state index contributed by atoms with van der Waals surface area (Å²) in [6, 6.07) is 25.9. The Balaban J connectivity index is 2.15. The Bertz CT molecular complexity index is 1640. The van der Waals surface area contributed by atoms with Crippen molar-refractivity contribution in [3.63, 3.8) is 0 Å². The number of rotatable bonds is 15. The molecule has 258 valence electrons. The third kappa shape index (κ3) is 7.28. The predicted molar refractivity (Wildman–Crippen MR) is 204 cm³/mol. The number of aryl methyl sites for hydroxylation is 4. The Morgan fingerprint density at radius 3 is 1.08 bits per heavy atom. The predicted octanol–water partition coefficient (Wildman–Crippen LogP) is 9.16. The maximum absolute atomic E-state index is 14.6. The molecule has 0 N–H and O–H groups in total. The number of benzene rings is 4. The normalized spacial score (nSPS) is 11.9. The minimum atomic E-state index is -4.27. The molecule has 0 unspecified atom stereocenters. The maximum Gasteiger partial charge on any atom is 0.298 e. The fourth-order valence-corrected chi connectivity index (χ4v) is 8.14. The van der Waals surface area contributed by atoms with E-state index in [4.69, 9.17) is 4.18 Å². The molecule has 0 saturated heterocycles. The highest BCUT2D eigenvalue weighted by Gasteiger charge is 2.46. The zero-order valence-corrected chi connectivity index (χ0v) is 31.5. The summed E-state index contributed by atoms with van der Waals surface area (Å²) in [5, 5.41) is 0. The first kappa shape index (κ1) is 37.0. The molecule has 0 atom stereocenters. The summed E-state index contributed by atoms with van der Waals surface area (Å²) in [6.45, 7) is 26.3. The zero-order valence-electron chi connectivity index (χ0n) is 30.7. The van der Waals surface area contributed by atoms with E-state index in [1.165, 1.54) is 0 Å². The van der Waals surface area contributed by atoms with Gasteiger partial charge in [-0.2, -0.15) is 8.42 Å². The summed E-state index contributed by atoms with van der Waals surface area (Å²) in [5.41, 5.74) is 8.05. The van der Waals surface area contributed by atoms with E-state index in [1.54, 1.807) is 12.1 Å². The molecule has 48 heavy (non-hydrogen) atoms. The average molecular weight is 670 g/mol. The Morgan fingerprint density at radius 2 is 0.812 bits per heavy atom. The Hall–Kier alpha value is -3.81. The molecule has 0 heterocycles. The fourth-order valence-electron chi connectivity index (χ4n) is 6.97. The second-order valence-corrected chi connectivity index (χ2v) is 14.1. The van der Waals surface area contributed by atoms with Crippen LogP contribution >= 0.6 is 0 Å². The largest absolute Gasteiger partial charge is 0.372 e. The summed E-state index contributed by atoms with van der Waals surface area (Å²) in [7, 11) is -4.27. The molecule has 0 aliphatic rings. The summed E-state index contributed by atoms with van der Waals surface area (Å²) in [6.07, 6.45) is 0. The van der Waals surface area contributed by atoms with Crippen molar-refractivity contribution in [1.82, 2.24) is 0 Å². The van der Waals surface area contributed by atoms with Crippen LogP contribution in [-0.2, 0) is 19.9 Å². The van der Waals surface area contributed by atoms with Crippen LogP contribution in [0, 0.1) is 27.7 Å². The molecule has 4 rings (SSSR count). The molecule has 4 aromatic rings. The first-order valence-corrected chi connectivity index (χ1v) is 18.9. The van der Waals surface area contributed by atoms with Crippen molar-refractivity contribution in [1.29, 1.82) is 0 Å². The second-order valence-electron chi connectivity index (χ2n) is 12.5. The monoisotopic (exact) mass is 669 g/mol. The molecule has 0 radical (unpaired) electrons. The van der Waals surface area contributed by atoms with Gasteiger partial charge in [-0.15, -0.1) is 0 Å². The lowest BCUT2D eigenvalue weighted by molar-refractivity contribution is 0.162. The highest BCUT2D eigenvalue weighted by Crippen LogP contribution is 2.48. The third-order valence-electron chi connectivity index (χ3n) is 9.70. The van der Waals surface area contributed by atoms with Crippen LogP contribution in [0.3, 0.4) is 0 Å². The topological polar surface area (TPSA) is 53.1 Å². The summed E-state index contributed by atoms with van der Waals surface area (Å²) < 4.78 is 36.0. The van der Waals surface area contributed by atoms with Crippen LogP contribution in [0.15, 0.2) is 83.8 Å². The fraction of sp³-hybridized carbons (Fsp3) is 0.415. The summed E-state index contributed by atoms with van der Waals surface area (Å²) >= 11 is 0. The van der Waals surface area contributed by atoms with Crippen molar-refractivity contribution in [2.75, 3.05) is 54.0 Å². The molecular formula is C41H55N3O3S. The van der Waals surface area contributed by atoms with Crippen LogP contribution in [0.5, 0.6) is 0 Å². The standard InChI is InChI=1S/C41H55N3O3S/c1-11-42(12-2)34-19-24-38(31(8)27-34)41(47-48(45,46)37-22-17-30(7)18-23-37,39-25-20-35(28-32(39)9)43(13-3)14-4)40-26-21-36(29-33(40)10)44(15-5)16-6/h17-29H,11-16H2,1-10H3. The van der Waals surface area contributed by atoms with E-state index in [-0.39, 0.29) is 4.90 Å². The van der Waals surface area contributed by atoms with Gasteiger partial charge in [-0.25, -0.2) is 4.18 Å². The number of hydrogen-bond donors (Lipinski definition) is 0. The first-order chi connectivity index (χ1) is 22.9. The van der Waals surface area contributed by atoms with Crippen LogP contribution in [0.1, 0.15) is 80.5 Å². The lowest BCUT2D eigenvalue weighted by atomic mass is 9.75. The molecule has 0 aliphatic heterocycles. The van der Waals surface area contributed by atoms with E-state index in [0.29, 0.717) is 0 Å². The van der Waals surface area contributed by atoms with Gasteiger partial charge in [0.1, 0.15) is 0 Å². The van der Waals surface area contributed by atoms with Crippen molar-refractivity contribution < 1.29 is 12.6 Å². The lowest BCUT2D eigenvalue weighted by Gasteiger charge is -2.39. The quantitative estimate of drug-likeness (QED) is 0.0930. The van der Waals surface area contributed by atoms with E-state index in [1.807, 2.05) is 19.1 Å². The highest BCUT2D eigenvalue weighted by molar-refractivity contribution is 7.86. The average Bonchev–Trinajstić information content (AvgIpc) is 3.06. The Kier molecular flexibility index (Phi) is 12.0. The van der Waals surface area contributed by atoms with Gasteiger partial charge in [0.05, 0.1) is 4.90 Å². The molecule has 4 aromatic carbocycles. The van der Waals surface area contributed by atoms with Crippen molar-refractivity contribution in [2.24, 2.45) is 0 Å². The molecular weight excluding hydrogens is 615 g/mol. The van der Waals surface area contributed by atoms with Gasteiger partial charge in [-0.3, -0.25) is 0 Å². The van der Waals surface area contributed by atoms with E-state index in [0.717, 1.165) is 95.3 Å². The molecule has 0 aromatic heterocycles. The number of anilines is 3. The smallest absolute Gasteiger partial charge is 0.298 e. The number of hydrogen-bond acceptors (Lipinski definition) is 6. The van der Waals surface area contributed by atoms with Crippen LogP contribution in [0.25, 0.3) is 0 Å². The molecule has 0 fully saturated rings. The molecule has 0 saturated carbocycles. The van der Waals surface area contributed by atoms with Gasteiger partial charge in [0.2, 0.25) is 0 Å². The Labute approximate surface area is 290 Å². The van der Waals surface area contributed by atoms with Gasteiger partial charge < -0.3 is 14.7 Å². The summed E-state index contributed by atoms with van der Waals surface area (Å²) in [4.78, 5) is 7.04. The minimum Gasteiger partial charge on any atom is -0.372 e. The van der Waals surface area contributed by atoms with Crippen molar-refractivity contribution in [3.05, 3.63) is 118 Å². The van der Waals surface area contributed by atoms with Crippen LogP contribution in [0.4, 0.5) is 17.1 Å². The van der Waals surface area contributed by atoms with Gasteiger partial charge in [0.25, 0.3) is 10.1 Å². The van der Waals surface area contributed by atoms with Gasteiger partial charge in [0.15, 0.2) is 5.60 Å². The molecule has 0 aliphatic carbocycles. The SMILES string of the molecule is CCN(CC)c1ccc(C(OS(=O)(=O)c2ccc(C)cc2)(c2ccc(N(CC)CC)cc2C)c2ccc(N(CC)CC)cc2C)c(C)c1. The Morgan fingerprint density at radius 1 is 0.500 bits per heavy atom. The van der Waals surface area contributed by atoms with Gasteiger partial charge in [0, 0.05) is 56.3 Å². The molecule has 0 bridgehead atoms. The first-order valence-electron chi connectivity index (χ1n) is 17.5. The van der Waals surface area contributed by atoms with Crippen LogP contribution in [-0.4, -0.2) is 47.7 Å². The zero-order chi connectivity index (χ0) is 35.2.